The molecule has 120 valence electrons. The molecule has 24 heavy (non-hydrogen) atoms. The molecule has 3 aromatic heterocycles. The van der Waals surface area contributed by atoms with Crippen LogP contribution in [0.4, 0.5) is 0 Å². The van der Waals surface area contributed by atoms with E-state index >= 15 is 0 Å². The molecule has 3 heterocycles. The monoisotopic (exact) mass is 321 g/mol. The zero-order valence-electron chi connectivity index (χ0n) is 13.3. The maximum absolute atomic E-state index is 12.6. The maximum atomic E-state index is 12.6. The lowest BCUT2D eigenvalue weighted by Crippen LogP contribution is -2.32. The Kier molecular flexibility index (Phi) is 2.54. The molecule has 5 rings (SSSR count). The van der Waals surface area contributed by atoms with Gasteiger partial charge in [-0.05, 0) is 18.4 Å². The summed E-state index contributed by atoms with van der Waals surface area (Å²) in [6.07, 6.45) is 2.78. The van der Waals surface area contributed by atoms with Crippen LogP contribution in [0.25, 0.3) is 28.1 Å². The summed E-state index contributed by atoms with van der Waals surface area (Å²) < 4.78 is 8.23. The lowest BCUT2D eigenvalue weighted by Gasteiger charge is -2.08. The van der Waals surface area contributed by atoms with Gasteiger partial charge in [0.2, 0.25) is 22.9 Å². The van der Waals surface area contributed by atoms with Gasteiger partial charge in [-0.2, -0.15) is 9.71 Å². The van der Waals surface area contributed by atoms with Crippen molar-refractivity contribution in [2.45, 2.75) is 26.2 Å². The minimum atomic E-state index is 0.353. The number of hydrogen-bond donors (Lipinski definition) is 0. The van der Waals surface area contributed by atoms with Crippen LogP contribution in [0.1, 0.15) is 30.8 Å². The van der Waals surface area contributed by atoms with Gasteiger partial charge in [-0.3, -0.25) is 4.40 Å². The molecule has 0 amide bonds. The third-order valence-electron chi connectivity index (χ3n) is 4.86. The topological polar surface area (TPSA) is 83.2 Å². The molecule has 1 saturated carbocycles. The van der Waals surface area contributed by atoms with E-state index in [9.17, 15) is 5.21 Å². The number of nitrogens with zero attached hydrogens (tertiary/aromatic N) is 5. The maximum Gasteiger partial charge on any atom is 0.241 e. The van der Waals surface area contributed by atoms with E-state index in [0.29, 0.717) is 46.0 Å². The summed E-state index contributed by atoms with van der Waals surface area (Å²) in [7, 11) is 0. The van der Waals surface area contributed by atoms with Gasteiger partial charge in [-0.1, -0.05) is 24.2 Å². The van der Waals surface area contributed by atoms with Gasteiger partial charge in [0.1, 0.15) is 23.1 Å². The zero-order valence-corrected chi connectivity index (χ0v) is 13.3. The minimum absolute atomic E-state index is 0.353. The van der Waals surface area contributed by atoms with Crippen molar-refractivity contribution in [3.05, 3.63) is 47.4 Å². The number of benzene rings is 1. The van der Waals surface area contributed by atoms with Gasteiger partial charge in [0.25, 0.3) is 0 Å². The minimum Gasteiger partial charge on any atom is -0.618 e. The Morgan fingerprint density at radius 3 is 2.92 bits per heavy atom. The Morgan fingerprint density at radius 1 is 1.33 bits per heavy atom. The number of fused-ring (bicyclic) bond motifs is 3. The molecule has 2 unspecified atom stereocenters. The normalized spacial score (nSPS) is 20.1. The van der Waals surface area contributed by atoms with Gasteiger partial charge in [0.15, 0.2) is 0 Å². The van der Waals surface area contributed by atoms with E-state index in [2.05, 4.69) is 22.0 Å². The van der Waals surface area contributed by atoms with Crippen LogP contribution >= 0.6 is 0 Å². The fourth-order valence-electron chi connectivity index (χ4n) is 3.31. The first-order chi connectivity index (χ1) is 11.6. The highest BCUT2D eigenvalue weighted by Crippen LogP contribution is 2.46. The van der Waals surface area contributed by atoms with E-state index < -0.39 is 0 Å². The molecule has 1 aromatic carbocycles. The van der Waals surface area contributed by atoms with Crippen molar-refractivity contribution in [2.24, 2.45) is 5.92 Å². The molecule has 0 aliphatic heterocycles. The second-order valence-corrected chi connectivity index (χ2v) is 6.46. The standard InChI is InChI=1S/C17H15N5O2/c1-9-7-11(9)17-19-16(20-24-17)14-15-10(2)22(23)13-6-4-3-5-12(13)21(15)8-18-14/h3-6,8-9,11H,7H2,1-2H3. The molecule has 0 radical (unpaired) electrons. The summed E-state index contributed by atoms with van der Waals surface area (Å²) in [5.74, 6) is 2.04. The fourth-order valence-corrected chi connectivity index (χ4v) is 3.31. The molecule has 0 N–H and O–H groups in total. The summed E-state index contributed by atoms with van der Waals surface area (Å²) in [6, 6.07) is 7.45. The SMILES string of the molecule is Cc1c2c(-c3noc(C4CC4C)n3)ncn2c2ccccc2[n+]1[O-]. The summed E-state index contributed by atoms with van der Waals surface area (Å²) in [5, 5.41) is 16.7. The summed E-state index contributed by atoms with van der Waals surface area (Å²) in [5.41, 5.74) is 3.25. The van der Waals surface area contributed by atoms with Crippen molar-refractivity contribution < 1.29 is 9.25 Å². The average molecular weight is 321 g/mol. The van der Waals surface area contributed by atoms with E-state index in [1.165, 1.54) is 0 Å². The third-order valence-corrected chi connectivity index (χ3v) is 4.86. The van der Waals surface area contributed by atoms with Crippen LogP contribution in [0.15, 0.2) is 35.1 Å². The van der Waals surface area contributed by atoms with E-state index in [1.807, 2.05) is 22.6 Å². The van der Waals surface area contributed by atoms with Crippen molar-refractivity contribution in [3.63, 3.8) is 0 Å². The summed E-state index contributed by atoms with van der Waals surface area (Å²) >= 11 is 0. The zero-order chi connectivity index (χ0) is 16.4. The quantitative estimate of drug-likeness (QED) is 0.418. The third kappa shape index (κ3) is 1.72. The molecule has 7 heteroatoms. The van der Waals surface area contributed by atoms with Crippen LogP contribution in [-0.4, -0.2) is 19.5 Å². The fraction of sp³-hybridized carbons (Fsp3) is 0.294. The van der Waals surface area contributed by atoms with Crippen LogP contribution in [-0.2, 0) is 0 Å². The first kappa shape index (κ1) is 13.5. The Morgan fingerprint density at radius 2 is 2.12 bits per heavy atom. The summed E-state index contributed by atoms with van der Waals surface area (Å²) in [6.45, 7) is 3.95. The van der Waals surface area contributed by atoms with Gasteiger partial charge < -0.3 is 9.73 Å². The molecular formula is C17H15N5O2. The largest absolute Gasteiger partial charge is 0.618 e. The molecule has 1 aliphatic rings. The predicted octanol–water partition coefficient (Wildman–Crippen LogP) is 2.60. The molecular weight excluding hydrogens is 306 g/mol. The molecule has 1 aliphatic carbocycles. The average Bonchev–Trinajstić information content (AvgIpc) is 3.03. The highest BCUT2D eigenvalue weighted by molar-refractivity contribution is 5.82. The van der Waals surface area contributed by atoms with E-state index in [1.54, 1.807) is 19.3 Å². The number of aryl methyl sites for hydroxylation is 1. The lowest BCUT2D eigenvalue weighted by atomic mass is 10.2. The van der Waals surface area contributed by atoms with Crippen LogP contribution in [0.2, 0.25) is 0 Å². The van der Waals surface area contributed by atoms with Crippen molar-refractivity contribution in [1.29, 1.82) is 0 Å². The van der Waals surface area contributed by atoms with Gasteiger partial charge >= 0.3 is 0 Å². The van der Waals surface area contributed by atoms with Gasteiger partial charge in [-0.25, -0.2) is 4.98 Å². The number of para-hydroxylation sites is 2. The smallest absolute Gasteiger partial charge is 0.241 e. The van der Waals surface area contributed by atoms with E-state index in [0.717, 1.165) is 16.7 Å². The van der Waals surface area contributed by atoms with Crippen molar-refractivity contribution >= 4 is 16.6 Å². The van der Waals surface area contributed by atoms with Gasteiger partial charge in [0, 0.05) is 18.9 Å². The van der Waals surface area contributed by atoms with Crippen molar-refractivity contribution in [3.8, 4) is 11.5 Å². The van der Waals surface area contributed by atoms with Crippen molar-refractivity contribution in [1.82, 2.24) is 19.5 Å². The van der Waals surface area contributed by atoms with Crippen LogP contribution in [0.5, 0.6) is 0 Å². The highest BCUT2D eigenvalue weighted by Gasteiger charge is 2.39. The molecule has 1 fully saturated rings. The second kappa shape index (κ2) is 4.53. The molecule has 0 bridgehead atoms. The Bertz CT molecular complexity index is 1100. The first-order valence-electron chi connectivity index (χ1n) is 7.97. The number of aromatic nitrogens is 5. The Balaban J connectivity index is 1.77. The molecule has 2 atom stereocenters. The molecule has 0 spiro atoms. The molecule has 4 aromatic rings. The predicted molar refractivity (Wildman–Crippen MR) is 86.2 cm³/mol. The second-order valence-electron chi connectivity index (χ2n) is 6.46. The number of hydrogen-bond acceptors (Lipinski definition) is 5. The number of imidazole rings is 1. The first-order valence-corrected chi connectivity index (χ1v) is 7.97. The Labute approximate surface area is 137 Å². The van der Waals surface area contributed by atoms with Crippen LogP contribution in [0, 0.1) is 18.0 Å². The summed E-state index contributed by atoms with van der Waals surface area (Å²) in [4.78, 5) is 8.96. The Hall–Kier alpha value is -2.96. The number of rotatable bonds is 2. The van der Waals surface area contributed by atoms with Crippen molar-refractivity contribution in [2.75, 3.05) is 0 Å². The van der Waals surface area contributed by atoms with Crippen LogP contribution < -0.4 is 4.73 Å². The van der Waals surface area contributed by atoms with E-state index in [-0.39, 0.29) is 0 Å². The van der Waals surface area contributed by atoms with Gasteiger partial charge in [0.05, 0.1) is 0 Å². The highest BCUT2D eigenvalue weighted by atomic mass is 16.5. The van der Waals surface area contributed by atoms with E-state index in [4.69, 9.17) is 4.52 Å². The van der Waals surface area contributed by atoms with Gasteiger partial charge in [-0.15, -0.1) is 0 Å². The van der Waals surface area contributed by atoms with Crippen LogP contribution in [0.3, 0.4) is 0 Å². The molecule has 0 saturated heterocycles. The molecule has 7 nitrogen and oxygen atoms in total. The lowest BCUT2D eigenvalue weighted by molar-refractivity contribution is -0.583.